The minimum atomic E-state index is -0.0614. The van der Waals surface area contributed by atoms with Crippen LogP contribution in [-0.2, 0) is 4.74 Å². The van der Waals surface area contributed by atoms with Crippen LogP contribution in [0.4, 0.5) is 0 Å². The second kappa shape index (κ2) is 4.47. The highest BCUT2D eigenvalue weighted by Gasteiger charge is 2.28. The van der Waals surface area contributed by atoms with E-state index < -0.39 is 0 Å². The van der Waals surface area contributed by atoms with Crippen molar-refractivity contribution in [1.82, 2.24) is 9.38 Å². The number of aromatic nitrogens is 2. The molecule has 0 spiro atoms. The Balaban J connectivity index is 1.96. The first-order chi connectivity index (χ1) is 8.38. The first-order valence-corrected chi connectivity index (χ1v) is 6.04. The third kappa shape index (κ3) is 1.94. The van der Waals surface area contributed by atoms with Crippen molar-refractivity contribution >= 4 is 5.65 Å². The highest BCUT2D eigenvalue weighted by atomic mass is 16.5. The van der Waals surface area contributed by atoms with Crippen molar-refractivity contribution in [2.24, 2.45) is 5.92 Å². The Morgan fingerprint density at radius 2 is 2.41 bits per heavy atom. The molecule has 0 saturated carbocycles. The standard InChI is InChI=1S/C13H16N2O2/c16-9-10-4-3-7-17-13(10)11-8-15-6-2-1-5-12(15)14-11/h1-2,5-6,8,10,13,16H,3-4,7,9H2. The second-order valence-corrected chi connectivity index (χ2v) is 4.51. The number of ether oxygens (including phenoxy) is 1. The number of hydrogen-bond acceptors (Lipinski definition) is 3. The van der Waals surface area contributed by atoms with E-state index in [0.29, 0.717) is 0 Å². The number of rotatable bonds is 2. The minimum Gasteiger partial charge on any atom is -0.396 e. The third-order valence-electron chi connectivity index (χ3n) is 3.35. The van der Waals surface area contributed by atoms with Gasteiger partial charge in [-0.1, -0.05) is 6.07 Å². The molecule has 2 aromatic heterocycles. The molecule has 0 aromatic carbocycles. The molecule has 2 atom stereocenters. The minimum absolute atomic E-state index is 0.0614. The molecule has 0 amide bonds. The molecule has 0 radical (unpaired) electrons. The molecular formula is C13H16N2O2. The van der Waals surface area contributed by atoms with Crippen LogP contribution in [0.2, 0.25) is 0 Å². The maximum atomic E-state index is 9.38. The van der Waals surface area contributed by atoms with Gasteiger partial charge in [-0.3, -0.25) is 0 Å². The van der Waals surface area contributed by atoms with Crippen molar-refractivity contribution < 1.29 is 9.84 Å². The van der Waals surface area contributed by atoms with Crippen molar-refractivity contribution in [2.45, 2.75) is 18.9 Å². The molecular weight excluding hydrogens is 216 g/mol. The van der Waals surface area contributed by atoms with Crippen LogP contribution in [0.3, 0.4) is 0 Å². The van der Waals surface area contributed by atoms with Gasteiger partial charge in [0, 0.05) is 31.5 Å². The van der Waals surface area contributed by atoms with Gasteiger partial charge in [-0.25, -0.2) is 4.98 Å². The van der Waals surface area contributed by atoms with Crippen molar-refractivity contribution in [3.63, 3.8) is 0 Å². The summed E-state index contributed by atoms with van der Waals surface area (Å²) in [7, 11) is 0. The lowest BCUT2D eigenvalue weighted by Gasteiger charge is -2.29. The molecule has 0 bridgehead atoms. The topological polar surface area (TPSA) is 46.8 Å². The fourth-order valence-corrected chi connectivity index (χ4v) is 2.45. The molecule has 1 saturated heterocycles. The van der Waals surface area contributed by atoms with E-state index in [9.17, 15) is 5.11 Å². The summed E-state index contributed by atoms with van der Waals surface area (Å²) in [6.07, 6.45) is 5.94. The van der Waals surface area contributed by atoms with E-state index in [1.165, 1.54) is 0 Å². The molecule has 3 heterocycles. The SMILES string of the molecule is OCC1CCCOC1c1cn2ccccc2n1. The number of fused-ring (bicyclic) bond motifs is 1. The van der Waals surface area contributed by atoms with Crippen LogP contribution in [0.1, 0.15) is 24.6 Å². The molecule has 1 aliphatic heterocycles. The summed E-state index contributed by atoms with van der Waals surface area (Å²) >= 11 is 0. The molecule has 90 valence electrons. The van der Waals surface area contributed by atoms with Crippen LogP contribution in [0.25, 0.3) is 5.65 Å². The molecule has 0 aliphatic carbocycles. The lowest BCUT2D eigenvalue weighted by Crippen LogP contribution is -2.25. The quantitative estimate of drug-likeness (QED) is 0.858. The average molecular weight is 232 g/mol. The van der Waals surface area contributed by atoms with Gasteiger partial charge in [-0.05, 0) is 25.0 Å². The van der Waals surface area contributed by atoms with E-state index in [4.69, 9.17) is 4.74 Å². The van der Waals surface area contributed by atoms with Gasteiger partial charge in [0.15, 0.2) is 0 Å². The summed E-state index contributed by atoms with van der Waals surface area (Å²) in [6.45, 7) is 0.924. The van der Waals surface area contributed by atoms with E-state index in [1.54, 1.807) is 0 Å². The molecule has 3 rings (SSSR count). The zero-order chi connectivity index (χ0) is 11.7. The number of aliphatic hydroxyl groups excluding tert-OH is 1. The zero-order valence-corrected chi connectivity index (χ0v) is 9.62. The maximum absolute atomic E-state index is 9.38. The average Bonchev–Trinajstić information content (AvgIpc) is 2.82. The molecule has 1 N–H and O–H groups in total. The van der Waals surface area contributed by atoms with Crippen LogP contribution in [-0.4, -0.2) is 27.7 Å². The van der Waals surface area contributed by atoms with Crippen LogP contribution in [0.5, 0.6) is 0 Å². The van der Waals surface area contributed by atoms with Crippen molar-refractivity contribution in [2.75, 3.05) is 13.2 Å². The lowest BCUT2D eigenvalue weighted by atomic mass is 9.93. The Morgan fingerprint density at radius 1 is 1.47 bits per heavy atom. The van der Waals surface area contributed by atoms with Crippen LogP contribution in [0, 0.1) is 5.92 Å². The van der Waals surface area contributed by atoms with E-state index in [1.807, 2.05) is 35.0 Å². The van der Waals surface area contributed by atoms with Gasteiger partial charge in [0.25, 0.3) is 0 Å². The summed E-state index contributed by atoms with van der Waals surface area (Å²) in [6, 6.07) is 5.92. The van der Waals surface area contributed by atoms with Crippen molar-refractivity contribution in [1.29, 1.82) is 0 Å². The smallest absolute Gasteiger partial charge is 0.137 e. The van der Waals surface area contributed by atoms with Gasteiger partial charge < -0.3 is 14.2 Å². The van der Waals surface area contributed by atoms with Gasteiger partial charge in [0.05, 0.1) is 5.69 Å². The first-order valence-electron chi connectivity index (χ1n) is 6.04. The highest BCUT2D eigenvalue weighted by Crippen LogP contribution is 2.32. The molecule has 2 unspecified atom stereocenters. The Bertz CT molecular complexity index is 476. The highest BCUT2D eigenvalue weighted by molar-refractivity contribution is 5.39. The Morgan fingerprint density at radius 3 is 3.24 bits per heavy atom. The van der Waals surface area contributed by atoms with E-state index in [0.717, 1.165) is 30.8 Å². The summed E-state index contributed by atoms with van der Waals surface area (Å²) in [5, 5.41) is 9.38. The first kappa shape index (κ1) is 10.7. The number of aliphatic hydroxyl groups is 1. The van der Waals surface area contributed by atoms with Gasteiger partial charge in [-0.2, -0.15) is 0 Å². The van der Waals surface area contributed by atoms with Crippen molar-refractivity contribution in [3.8, 4) is 0 Å². The predicted octanol–water partition coefficient (Wildman–Crippen LogP) is 1.79. The summed E-state index contributed by atoms with van der Waals surface area (Å²) in [5.41, 5.74) is 1.85. The van der Waals surface area contributed by atoms with Crippen LogP contribution < -0.4 is 0 Å². The number of nitrogens with zero attached hydrogens (tertiary/aromatic N) is 2. The molecule has 2 aromatic rings. The largest absolute Gasteiger partial charge is 0.396 e. The Labute approximate surface area is 99.9 Å². The monoisotopic (exact) mass is 232 g/mol. The molecule has 17 heavy (non-hydrogen) atoms. The van der Waals surface area contributed by atoms with E-state index in [-0.39, 0.29) is 18.6 Å². The summed E-state index contributed by atoms with van der Waals surface area (Å²) in [5.74, 6) is 0.175. The normalized spacial score (nSPS) is 25.2. The number of imidazole rings is 1. The fraction of sp³-hybridized carbons (Fsp3) is 0.462. The molecule has 4 heteroatoms. The number of pyridine rings is 1. The van der Waals surface area contributed by atoms with Gasteiger partial charge in [0.1, 0.15) is 11.8 Å². The van der Waals surface area contributed by atoms with E-state index in [2.05, 4.69) is 4.98 Å². The van der Waals surface area contributed by atoms with Gasteiger partial charge in [0.2, 0.25) is 0 Å². The zero-order valence-electron chi connectivity index (χ0n) is 9.62. The lowest BCUT2D eigenvalue weighted by molar-refractivity contribution is -0.0477. The Kier molecular flexibility index (Phi) is 2.82. The van der Waals surface area contributed by atoms with Crippen LogP contribution >= 0.6 is 0 Å². The maximum Gasteiger partial charge on any atom is 0.137 e. The van der Waals surface area contributed by atoms with Gasteiger partial charge >= 0.3 is 0 Å². The van der Waals surface area contributed by atoms with Gasteiger partial charge in [-0.15, -0.1) is 0 Å². The molecule has 1 aliphatic rings. The van der Waals surface area contributed by atoms with Crippen LogP contribution in [0.15, 0.2) is 30.6 Å². The third-order valence-corrected chi connectivity index (χ3v) is 3.35. The van der Waals surface area contributed by atoms with E-state index >= 15 is 0 Å². The fourth-order valence-electron chi connectivity index (χ4n) is 2.45. The summed E-state index contributed by atoms with van der Waals surface area (Å²) < 4.78 is 7.75. The van der Waals surface area contributed by atoms with Crippen molar-refractivity contribution in [3.05, 3.63) is 36.3 Å². The number of hydrogen-bond donors (Lipinski definition) is 1. The summed E-state index contributed by atoms with van der Waals surface area (Å²) in [4.78, 5) is 4.56. The Hall–Kier alpha value is -1.39. The molecule has 1 fully saturated rings. The second-order valence-electron chi connectivity index (χ2n) is 4.51. The predicted molar refractivity (Wildman–Crippen MR) is 63.7 cm³/mol. The molecule has 4 nitrogen and oxygen atoms in total.